The zero-order valence-corrected chi connectivity index (χ0v) is 11.2. The van der Waals surface area contributed by atoms with E-state index in [1.807, 2.05) is 0 Å². The summed E-state index contributed by atoms with van der Waals surface area (Å²) < 4.78 is 38.0. The van der Waals surface area contributed by atoms with E-state index in [2.05, 4.69) is 4.98 Å². The van der Waals surface area contributed by atoms with Crippen molar-refractivity contribution in [1.82, 2.24) is 4.98 Å². The molecule has 2 fully saturated rings. The number of rotatable bonds is 5. The van der Waals surface area contributed by atoms with Crippen LogP contribution >= 0.6 is 11.3 Å². The SMILES string of the molecule is NCc1sc(N(CC(F)(F)F)C2CC2)nc1C1CC1. The van der Waals surface area contributed by atoms with Crippen molar-refractivity contribution in [1.29, 1.82) is 0 Å². The molecule has 2 aliphatic rings. The van der Waals surface area contributed by atoms with Gasteiger partial charge >= 0.3 is 6.18 Å². The number of nitrogens with two attached hydrogens (primary N) is 1. The predicted octanol–water partition coefficient (Wildman–Crippen LogP) is 3.01. The largest absolute Gasteiger partial charge is 0.406 e. The summed E-state index contributed by atoms with van der Waals surface area (Å²) in [5.74, 6) is 0.426. The second kappa shape index (κ2) is 4.63. The number of alkyl halides is 3. The van der Waals surface area contributed by atoms with Gasteiger partial charge in [0.2, 0.25) is 0 Å². The van der Waals surface area contributed by atoms with Crippen LogP contribution in [0, 0.1) is 0 Å². The molecule has 2 aliphatic carbocycles. The molecule has 0 unspecified atom stereocenters. The minimum absolute atomic E-state index is 0.00505. The van der Waals surface area contributed by atoms with Crippen LogP contribution in [0.25, 0.3) is 0 Å². The molecule has 3 nitrogen and oxygen atoms in total. The third-order valence-corrected chi connectivity index (χ3v) is 4.58. The fourth-order valence-electron chi connectivity index (χ4n) is 2.23. The average molecular weight is 291 g/mol. The fourth-order valence-corrected chi connectivity index (χ4v) is 3.32. The third-order valence-electron chi connectivity index (χ3n) is 3.45. The Balaban J connectivity index is 1.85. The third kappa shape index (κ3) is 3.02. The van der Waals surface area contributed by atoms with Crippen molar-refractivity contribution in [3.63, 3.8) is 0 Å². The molecule has 1 aromatic rings. The van der Waals surface area contributed by atoms with E-state index in [0.29, 0.717) is 17.6 Å². The lowest BCUT2D eigenvalue weighted by atomic mass is 10.2. The van der Waals surface area contributed by atoms with Gasteiger partial charge in [0.05, 0.1) is 5.69 Å². The van der Waals surface area contributed by atoms with Gasteiger partial charge in [-0.1, -0.05) is 0 Å². The van der Waals surface area contributed by atoms with Crippen molar-refractivity contribution in [2.24, 2.45) is 5.73 Å². The highest BCUT2D eigenvalue weighted by molar-refractivity contribution is 7.15. The Labute approximate surface area is 113 Å². The van der Waals surface area contributed by atoms with Gasteiger partial charge < -0.3 is 10.6 Å². The molecule has 0 bridgehead atoms. The fraction of sp³-hybridized carbons (Fsp3) is 0.750. The lowest BCUT2D eigenvalue weighted by Crippen LogP contribution is -2.35. The van der Waals surface area contributed by atoms with Gasteiger partial charge in [-0.3, -0.25) is 0 Å². The zero-order chi connectivity index (χ0) is 13.6. The summed E-state index contributed by atoms with van der Waals surface area (Å²) in [6, 6.07) is 0.00505. The van der Waals surface area contributed by atoms with Crippen LogP contribution in [0.5, 0.6) is 0 Å². The van der Waals surface area contributed by atoms with Gasteiger partial charge in [-0.15, -0.1) is 11.3 Å². The summed E-state index contributed by atoms with van der Waals surface area (Å²) in [7, 11) is 0. The number of halogens is 3. The van der Waals surface area contributed by atoms with Crippen molar-refractivity contribution in [2.75, 3.05) is 11.4 Å². The Morgan fingerprint density at radius 1 is 1.26 bits per heavy atom. The van der Waals surface area contributed by atoms with Gasteiger partial charge in [0.25, 0.3) is 0 Å². The normalized spacial score (nSPS) is 19.8. The maximum atomic E-state index is 12.7. The second-order valence-corrected chi connectivity index (χ2v) is 6.32. The number of nitrogens with zero attached hydrogens (tertiary/aromatic N) is 2. The zero-order valence-electron chi connectivity index (χ0n) is 10.4. The average Bonchev–Trinajstić information content (AvgIpc) is 3.21. The van der Waals surface area contributed by atoms with Crippen LogP contribution in [0.4, 0.5) is 18.3 Å². The summed E-state index contributed by atoms with van der Waals surface area (Å²) in [6.45, 7) is -0.534. The highest BCUT2D eigenvalue weighted by Gasteiger charge is 2.40. The van der Waals surface area contributed by atoms with E-state index in [1.54, 1.807) is 0 Å². The molecule has 106 valence electrons. The van der Waals surface area contributed by atoms with Crippen molar-refractivity contribution >= 4 is 16.5 Å². The van der Waals surface area contributed by atoms with E-state index in [-0.39, 0.29) is 6.04 Å². The topological polar surface area (TPSA) is 42.1 Å². The minimum atomic E-state index is -4.18. The van der Waals surface area contributed by atoms with Crippen LogP contribution in [0.3, 0.4) is 0 Å². The molecule has 0 aromatic carbocycles. The first kappa shape index (κ1) is 13.2. The first-order chi connectivity index (χ1) is 8.98. The molecule has 0 aliphatic heterocycles. The smallest absolute Gasteiger partial charge is 0.336 e. The minimum Gasteiger partial charge on any atom is -0.336 e. The van der Waals surface area contributed by atoms with Crippen molar-refractivity contribution < 1.29 is 13.2 Å². The van der Waals surface area contributed by atoms with E-state index in [0.717, 1.165) is 36.3 Å². The van der Waals surface area contributed by atoms with E-state index >= 15 is 0 Å². The summed E-state index contributed by atoms with van der Waals surface area (Å²) in [4.78, 5) is 6.82. The molecule has 1 heterocycles. The Bertz CT molecular complexity index is 463. The quantitative estimate of drug-likeness (QED) is 0.906. The van der Waals surface area contributed by atoms with Crippen molar-refractivity contribution in [3.8, 4) is 0 Å². The van der Waals surface area contributed by atoms with Crippen LogP contribution in [-0.2, 0) is 6.54 Å². The number of thiazole rings is 1. The predicted molar refractivity (Wildman–Crippen MR) is 68.4 cm³/mol. The monoisotopic (exact) mass is 291 g/mol. The van der Waals surface area contributed by atoms with Crippen molar-refractivity contribution in [2.45, 2.75) is 50.4 Å². The first-order valence-corrected chi connectivity index (χ1v) is 7.32. The van der Waals surface area contributed by atoms with E-state index in [9.17, 15) is 13.2 Å². The highest BCUT2D eigenvalue weighted by Crippen LogP contribution is 2.45. The molecule has 1 aromatic heterocycles. The van der Waals surface area contributed by atoms with Crippen LogP contribution in [0.1, 0.15) is 42.2 Å². The molecule has 3 rings (SSSR count). The molecule has 0 amide bonds. The first-order valence-electron chi connectivity index (χ1n) is 6.51. The van der Waals surface area contributed by atoms with Crippen LogP contribution in [0.2, 0.25) is 0 Å². The second-order valence-electron chi connectivity index (χ2n) is 5.26. The highest BCUT2D eigenvalue weighted by atomic mass is 32.1. The molecular formula is C12H16F3N3S. The van der Waals surface area contributed by atoms with Gasteiger partial charge in [0, 0.05) is 23.4 Å². The number of aromatic nitrogens is 1. The summed E-state index contributed by atoms with van der Waals surface area (Å²) in [5, 5.41) is 0.502. The number of hydrogen-bond acceptors (Lipinski definition) is 4. The number of anilines is 1. The lowest BCUT2D eigenvalue weighted by Gasteiger charge is -2.22. The van der Waals surface area contributed by atoms with Gasteiger partial charge in [-0.2, -0.15) is 13.2 Å². The molecule has 2 saturated carbocycles. The Morgan fingerprint density at radius 2 is 1.95 bits per heavy atom. The van der Waals surface area contributed by atoms with E-state index < -0.39 is 12.7 Å². The summed E-state index contributed by atoms with van der Waals surface area (Å²) >= 11 is 1.33. The van der Waals surface area contributed by atoms with Crippen molar-refractivity contribution in [3.05, 3.63) is 10.6 Å². The Morgan fingerprint density at radius 3 is 2.42 bits per heavy atom. The molecule has 0 atom stereocenters. The van der Waals surface area contributed by atoms with Crippen LogP contribution in [0.15, 0.2) is 0 Å². The molecule has 19 heavy (non-hydrogen) atoms. The molecule has 2 N–H and O–H groups in total. The van der Waals surface area contributed by atoms with Gasteiger partial charge in [0.1, 0.15) is 6.54 Å². The maximum Gasteiger partial charge on any atom is 0.406 e. The molecular weight excluding hydrogens is 275 g/mol. The number of hydrogen-bond donors (Lipinski definition) is 1. The molecule has 7 heteroatoms. The van der Waals surface area contributed by atoms with Crippen LogP contribution in [-0.4, -0.2) is 23.7 Å². The molecule has 0 spiro atoms. The van der Waals surface area contributed by atoms with Gasteiger partial charge in [-0.05, 0) is 25.7 Å². The summed E-state index contributed by atoms with van der Waals surface area (Å²) in [5.41, 5.74) is 6.62. The Hall–Kier alpha value is -0.820. The van der Waals surface area contributed by atoms with Gasteiger partial charge in [0.15, 0.2) is 5.13 Å². The maximum absolute atomic E-state index is 12.7. The molecule has 0 saturated heterocycles. The summed E-state index contributed by atoms with van der Waals surface area (Å²) in [6.07, 6.45) is -0.368. The standard InChI is InChI=1S/C12H16F3N3S/c13-12(14,15)6-18(8-3-4-8)11-17-10(7-1-2-7)9(5-16)19-11/h7-8H,1-6,16H2. The van der Waals surface area contributed by atoms with Gasteiger partial charge in [-0.25, -0.2) is 4.98 Å². The van der Waals surface area contributed by atoms with E-state index in [1.165, 1.54) is 16.2 Å². The van der Waals surface area contributed by atoms with E-state index in [4.69, 9.17) is 5.73 Å². The molecule has 0 radical (unpaired) electrons. The lowest BCUT2D eigenvalue weighted by molar-refractivity contribution is -0.120. The Kier molecular flexibility index (Phi) is 3.21. The van der Waals surface area contributed by atoms with Crippen LogP contribution < -0.4 is 10.6 Å².